The lowest BCUT2D eigenvalue weighted by atomic mass is 9.88. The highest BCUT2D eigenvalue weighted by atomic mass is 79.9. The van der Waals surface area contributed by atoms with E-state index >= 15 is 0 Å². The molecule has 0 saturated heterocycles. The molecule has 0 heterocycles. The number of aliphatic carboxylic acids is 1. The zero-order valence-corrected chi connectivity index (χ0v) is 12.7. The molecule has 1 amide bonds. The van der Waals surface area contributed by atoms with Crippen molar-refractivity contribution in [1.29, 1.82) is 0 Å². The predicted octanol–water partition coefficient (Wildman–Crippen LogP) is 2.61. The topological polar surface area (TPSA) is 66.4 Å². The molecule has 1 rings (SSSR count). The molecule has 0 radical (unpaired) electrons. The van der Waals surface area contributed by atoms with Gasteiger partial charge in [0, 0.05) is 11.0 Å². The summed E-state index contributed by atoms with van der Waals surface area (Å²) in [5.41, 5.74) is 0.231. The van der Waals surface area contributed by atoms with Gasteiger partial charge in [-0.25, -0.2) is 0 Å². The Morgan fingerprint density at radius 1 is 1.37 bits per heavy atom. The minimum atomic E-state index is -0.966. The van der Waals surface area contributed by atoms with Crippen LogP contribution in [0.5, 0.6) is 0 Å². The van der Waals surface area contributed by atoms with Gasteiger partial charge in [-0.2, -0.15) is 0 Å². The Morgan fingerprint density at radius 3 is 2.63 bits per heavy atom. The number of halogens is 1. The third-order valence-corrected chi connectivity index (χ3v) is 3.29. The van der Waals surface area contributed by atoms with Crippen LogP contribution in [0, 0.1) is 5.41 Å². The molecule has 5 heteroatoms. The number of carboxylic acids is 1. The number of hydrogen-bond donors (Lipinski definition) is 2. The fourth-order valence-electron chi connectivity index (χ4n) is 1.71. The van der Waals surface area contributed by atoms with E-state index in [0.29, 0.717) is 13.0 Å². The van der Waals surface area contributed by atoms with Crippen molar-refractivity contribution in [2.24, 2.45) is 5.41 Å². The molecular weight excluding hydrogens is 310 g/mol. The first-order chi connectivity index (χ1) is 8.81. The molecule has 0 bridgehead atoms. The van der Waals surface area contributed by atoms with Crippen molar-refractivity contribution in [3.05, 3.63) is 34.3 Å². The van der Waals surface area contributed by atoms with Gasteiger partial charge in [0.2, 0.25) is 5.91 Å². The van der Waals surface area contributed by atoms with E-state index in [1.165, 1.54) is 0 Å². The molecule has 0 atom stereocenters. The van der Waals surface area contributed by atoms with Gasteiger partial charge in [-0.05, 0) is 24.1 Å². The van der Waals surface area contributed by atoms with E-state index in [2.05, 4.69) is 21.2 Å². The summed E-state index contributed by atoms with van der Waals surface area (Å²) < 4.78 is 1.00. The fourth-order valence-corrected chi connectivity index (χ4v) is 2.16. The molecule has 0 saturated carbocycles. The second-order valence-electron chi connectivity index (χ2n) is 5.09. The Labute approximate surface area is 121 Å². The number of hydrogen-bond acceptors (Lipinski definition) is 2. The highest BCUT2D eigenvalue weighted by Crippen LogP contribution is 2.20. The fraction of sp³-hybridized carbons (Fsp3) is 0.429. The quantitative estimate of drug-likeness (QED) is 0.844. The second kappa shape index (κ2) is 6.70. The molecule has 0 aliphatic heterocycles. The van der Waals surface area contributed by atoms with Crippen molar-refractivity contribution in [2.75, 3.05) is 6.54 Å². The highest BCUT2D eigenvalue weighted by Gasteiger charge is 2.29. The summed E-state index contributed by atoms with van der Waals surface area (Å²) in [7, 11) is 0. The van der Waals surface area contributed by atoms with E-state index in [1.54, 1.807) is 13.8 Å². The summed E-state index contributed by atoms with van der Waals surface area (Å²) in [5, 5.41) is 11.5. The average molecular weight is 328 g/mol. The molecule has 1 aromatic carbocycles. The highest BCUT2D eigenvalue weighted by molar-refractivity contribution is 9.10. The number of nitrogens with one attached hydrogen (secondary N) is 1. The molecule has 0 aliphatic carbocycles. The Balaban J connectivity index is 2.44. The van der Waals surface area contributed by atoms with Crippen LogP contribution < -0.4 is 5.32 Å². The zero-order valence-electron chi connectivity index (χ0n) is 11.1. The first-order valence-corrected chi connectivity index (χ1v) is 6.85. The summed E-state index contributed by atoms with van der Waals surface area (Å²) in [6.07, 6.45) is 0.546. The molecule has 0 unspecified atom stereocenters. The summed E-state index contributed by atoms with van der Waals surface area (Å²) in [4.78, 5) is 22.5. The van der Waals surface area contributed by atoms with Gasteiger partial charge in [0.05, 0.1) is 11.8 Å². The van der Waals surface area contributed by atoms with Crippen LogP contribution in [0.15, 0.2) is 28.7 Å². The molecule has 104 valence electrons. The first-order valence-electron chi connectivity index (χ1n) is 6.06. The van der Waals surface area contributed by atoms with E-state index in [-0.39, 0.29) is 12.3 Å². The third kappa shape index (κ3) is 5.42. The van der Waals surface area contributed by atoms with Gasteiger partial charge in [-0.3, -0.25) is 9.59 Å². The standard InChI is InChI=1S/C14H18BrNO3/c1-14(2,9-12(17)18)13(19)16-7-6-10-4-3-5-11(15)8-10/h3-5,8H,6-7,9H2,1-2H3,(H,16,19)(H,17,18). The molecule has 1 aromatic rings. The third-order valence-electron chi connectivity index (χ3n) is 2.80. The van der Waals surface area contributed by atoms with Crippen molar-refractivity contribution in [3.63, 3.8) is 0 Å². The van der Waals surface area contributed by atoms with E-state index in [9.17, 15) is 9.59 Å². The minimum absolute atomic E-state index is 0.171. The predicted molar refractivity (Wildman–Crippen MR) is 76.9 cm³/mol. The molecule has 0 fully saturated rings. The lowest BCUT2D eigenvalue weighted by Crippen LogP contribution is -2.39. The summed E-state index contributed by atoms with van der Waals surface area (Å²) >= 11 is 3.39. The maximum Gasteiger partial charge on any atom is 0.304 e. The lowest BCUT2D eigenvalue weighted by Gasteiger charge is -2.21. The molecule has 0 aliphatic rings. The Kier molecular flexibility index (Phi) is 5.54. The van der Waals surface area contributed by atoms with Gasteiger partial charge in [0.1, 0.15) is 0 Å². The second-order valence-corrected chi connectivity index (χ2v) is 6.01. The van der Waals surface area contributed by atoms with Crippen LogP contribution in [0.2, 0.25) is 0 Å². The van der Waals surface area contributed by atoms with E-state index in [1.807, 2.05) is 24.3 Å². The molecule has 19 heavy (non-hydrogen) atoms. The van der Waals surface area contributed by atoms with Gasteiger partial charge in [0.25, 0.3) is 0 Å². The van der Waals surface area contributed by atoms with Crippen LogP contribution >= 0.6 is 15.9 Å². The Bertz CT molecular complexity index is 472. The van der Waals surface area contributed by atoms with Gasteiger partial charge in [0.15, 0.2) is 0 Å². The summed E-state index contributed by atoms with van der Waals surface area (Å²) in [6.45, 7) is 3.77. The molecule has 4 nitrogen and oxygen atoms in total. The number of carbonyl (C=O) groups is 2. The number of carbonyl (C=O) groups excluding carboxylic acids is 1. The number of amides is 1. The Hall–Kier alpha value is -1.36. The van der Waals surface area contributed by atoms with Gasteiger partial charge >= 0.3 is 5.97 Å². The monoisotopic (exact) mass is 327 g/mol. The smallest absolute Gasteiger partial charge is 0.304 e. The maximum absolute atomic E-state index is 11.9. The first kappa shape index (κ1) is 15.7. The van der Waals surface area contributed by atoms with Crippen LogP contribution in [0.25, 0.3) is 0 Å². The zero-order chi connectivity index (χ0) is 14.5. The van der Waals surface area contributed by atoms with Crippen LogP contribution in [0.1, 0.15) is 25.8 Å². The normalized spacial score (nSPS) is 11.1. The molecule has 2 N–H and O–H groups in total. The van der Waals surface area contributed by atoms with Crippen LogP contribution in [0.4, 0.5) is 0 Å². The van der Waals surface area contributed by atoms with Crippen LogP contribution in [-0.4, -0.2) is 23.5 Å². The van der Waals surface area contributed by atoms with Gasteiger partial charge in [-0.1, -0.05) is 41.9 Å². The van der Waals surface area contributed by atoms with E-state index < -0.39 is 11.4 Å². The average Bonchev–Trinajstić information content (AvgIpc) is 2.27. The van der Waals surface area contributed by atoms with Crippen molar-refractivity contribution >= 4 is 27.8 Å². The van der Waals surface area contributed by atoms with Crippen molar-refractivity contribution < 1.29 is 14.7 Å². The Morgan fingerprint density at radius 2 is 2.05 bits per heavy atom. The largest absolute Gasteiger partial charge is 0.481 e. The van der Waals surface area contributed by atoms with Crippen LogP contribution in [-0.2, 0) is 16.0 Å². The van der Waals surface area contributed by atoms with Gasteiger partial charge < -0.3 is 10.4 Å². The minimum Gasteiger partial charge on any atom is -0.481 e. The SMILES string of the molecule is CC(C)(CC(=O)O)C(=O)NCCc1cccc(Br)c1. The van der Waals surface area contributed by atoms with E-state index in [4.69, 9.17) is 5.11 Å². The lowest BCUT2D eigenvalue weighted by molar-refractivity contribution is -0.144. The summed E-state index contributed by atoms with van der Waals surface area (Å²) in [6, 6.07) is 7.86. The van der Waals surface area contributed by atoms with Crippen molar-refractivity contribution in [1.82, 2.24) is 5.32 Å². The number of rotatable bonds is 6. The summed E-state index contributed by atoms with van der Waals surface area (Å²) in [5.74, 6) is -1.20. The van der Waals surface area contributed by atoms with Gasteiger partial charge in [-0.15, -0.1) is 0 Å². The molecule has 0 spiro atoms. The van der Waals surface area contributed by atoms with Crippen molar-refractivity contribution in [3.8, 4) is 0 Å². The number of benzene rings is 1. The van der Waals surface area contributed by atoms with E-state index in [0.717, 1.165) is 10.0 Å². The van der Waals surface area contributed by atoms with Crippen molar-refractivity contribution in [2.45, 2.75) is 26.7 Å². The maximum atomic E-state index is 11.9. The van der Waals surface area contributed by atoms with Crippen LogP contribution in [0.3, 0.4) is 0 Å². The number of carboxylic acid groups (broad SMARTS) is 1. The molecular formula is C14H18BrNO3. The molecule has 0 aromatic heterocycles.